The fourth-order valence-electron chi connectivity index (χ4n) is 1.94. The van der Waals surface area contributed by atoms with Crippen molar-refractivity contribution in [2.45, 2.75) is 25.7 Å². The van der Waals surface area contributed by atoms with Crippen LogP contribution in [0.4, 0.5) is 0 Å². The summed E-state index contributed by atoms with van der Waals surface area (Å²) in [7, 11) is 0. The fraction of sp³-hybridized carbons (Fsp3) is 0.357. The lowest BCUT2D eigenvalue weighted by molar-refractivity contribution is -0.120. The molecule has 2 heteroatoms. The summed E-state index contributed by atoms with van der Waals surface area (Å²) in [5, 5.41) is 0. The normalized spacial score (nSPS) is 17.7. The van der Waals surface area contributed by atoms with Gasteiger partial charge in [-0.1, -0.05) is 23.8 Å². The van der Waals surface area contributed by atoms with Crippen LogP contribution >= 0.6 is 0 Å². The topological polar surface area (TPSA) is 26.3 Å². The maximum absolute atomic E-state index is 12.0. The smallest absolute Gasteiger partial charge is 0.144 e. The largest absolute Gasteiger partial charge is 0.492 e. The van der Waals surface area contributed by atoms with Crippen molar-refractivity contribution in [3.8, 4) is 5.75 Å². The molecule has 0 spiro atoms. The number of ketones is 1. The number of ether oxygens (including phenoxy) is 1. The van der Waals surface area contributed by atoms with Gasteiger partial charge in [-0.3, -0.25) is 4.79 Å². The Hall–Kier alpha value is -1.57. The molecule has 0 aliphatic carbocycles. The summed E-state index contributed by atoms with van der Waals surface area (Å²) in [6, 6.07) is 7.78. The van der Waals surface area contributed by atoms with Gasteiger partial charge in [0.15, 0.2) is 0 Å². The van der Waals surface area contributed by atoms with Crippen LogP contribution in [-0.4, -0.2) is 12.4 Å². The average molecular weight is 216 g/mol. The van der Waals surface area contributed by atoms with Crippen LogP contribution in [0.2, 0.25) is 0 Å². The minimum absolute atomic E-state index is 0.0736. The first-order valence-corrected chi connectivity index (χ1v) is 5.57. The monoisotopic (exact) mass is 216 g/mol. The van der Waals surface area contributed by atoms with Crippen LogP contribution in [0.3, 0.4) is 0 Å². The van der Waals surface area contributed by atoms with Crippen molar-refractivity contribution in [1.29, 1.82) is 0 Å². The predicted octanol–water partition coefficient (Wildman–Crippen LogP) is 3.09. The summed E-state index contributed by atoms with van der Waals surface area (Å²) in [5.41, 5.74) is 2.09. The Balaban J connectivity index is 2.07. The van der Waals surface area contributed by atoms with E-state index in [9.17, 15) is 4.79 Å². The fourth-order valence-corrected chi connectivity index (χ4v) is 1.94. The van der Waals surface area contributed by atoms with E-state index < -0.39 is 0 Å². The van der Waals surface area contributed by atoms with Gasteiger partial charge in [-0.05, 0) is 19.4 Å². The van der Waals surface area contributed by atoms with Crippen molar-refractivity contribution in [2.24, 2.45) is 0 Å². The van der Waals surface area contributed by atoms with Gasteiger partial charge in [0.1, 0.15) is 18.1 Å². The van der Waals surface area contributed by atoms with Gasteiger partial charge in [0, 0.05) is 12.0 Å². The van der Waals surface area contributed by atoms with Crippen LogP contribution in [-0.2, 0) is 4.79 Å². The molecule has 2 nitrogen and oxygen atoms in total. The second-order valence-electron chi connectivity index (χ2n) is 4.32. The van der Waals surface area contributed by atoms with Crippen molar-refractivity contribution >= 4 is 5.78 Å². The molecular weight excluding hydrogens is 200 g/mol. The number of hydrogen-bond acceptors (Lipinski definition) is 2. The molecule has 16 heavy (non-hydrogen) atoms. The predicted molar refractivity (Wildman–Crippen MR) is 63.7 cm³/mol. The van der Waals surface area contributed by atoms with Crippen LogP contribution in [0, 0.1) is 0 Å². The molecule has 0 bridgehead atoms. The van der Waals surface area contributed by atoms with E-state index in [0.717, 1.165) is 23.3 Å². The van der Waals surface area contributed by atoms with Crippen LogP contribution < -0.4 is 4.74 Å². The Morgan fingerprint density at radius 2 is 2.19 bits per heavy atom. The molecule has 1 aromatic rings. The van der Waals surface area contributed by atoms with Gasteiger partial charge in [-0.25, -0.2) is 0 Å². The maximum Gasteiger partial charge on any atom is 0.144 e. The van der Waals surface area contributed by atoms with E-state index in [1.54, 1.807) is 0 Å². The summed E-state index contributed by atoms with van der Waals surface area (Å²) in [6.45, 7) is 6.26. The molecule has 2 rings (SSSR count). The second-order valence-corrected chi connectivity index (χ2v) is 4.32. The number of rotatable bonds is 4. The van der Waals surface area contributed by atoms with E-state index in [4.69, 9.17) is 4.74 Å². The highest BCUT2D eigenvalue weighted by atomic mass is 16.5. The molecule has 1 heterocycles. The summed E-state index contributed by atoms with van der Waals surface area (Å²) in [6.07, 6.45) is 1.34. The number of benzene rings is 1. The van der Waals surface area contributed by atoms with Crippen molar-refractivity contribution in [3.05, 3.63) is 42.0 Å². The third-order valence-corrected chi connectivity index (χ3v) is 2.89. The minimum atomic E-state index is -0.0736. The van der Waals surface area contributed by atoms with Crippen molar-refractivity contribution in [3.63, 3.8) is 0 Å². The van der Waals surface area contributed by atoms with Gasteiger partial charge < -0.3 is 4.74 Å². The van der Waals surface area contributed by atoms with Crippen LogP contribution in [0.1, 0.15) is 31.2 Å². The van der Waals surface area contributed by atoms with Crippen molar-refractivity contribution in [1.82, 2.24) is 0 Å². The first-order chi connectivity index (χ1) is 7.68. The summed E-state index contributed by atoms with van der Waals surface area (Å²) in [4.78, 5) is 12.0. The lowest BCUT2D eigenvalue weighted by atomic mass is 9.93. The molecule has 0 aromatic heterocycles. The Morgan fingerprint density at radius 1 is 1.44 bits per heavy atom. The molecule has 84 valence electrons. The van der Waals surface area contributed by atoms with Gasteiger partial charge in [0.05, 0.1) is 5.92 Å². The molecule has 1 atom stereocenters. The number of carbonyl (C=O) groups excluding carboxylic acids is 1. The molecule has 1 aromatic carbocycles. The zero-order chi connectivity index (χ0) is 11.5. The Morgan fingerprint density at radius 3 is 2.94 bits per heavy atom. The van der Waals surface area contributed by atoms with E-state index in [2.05, 4.69) is 6.58 Å². The SMILES string of the molecule is C=C(C)CCC(=O)C1COc2ccccc21. The van der Waals surface area contributed by atoms with Crippen LogP contribution in [0.25, 0.3) is 0 Å². The molecule has 0 amide bonds. The van der Waals surface area contributed by atoms with Crippen LogP contribution in [0.15, 0.2) is 36.4 Å². The highest BCUT2D eigenvalue weighted by Crippen LogP contribution is 2.34. The molecule has 1 aliphatic rings. The first kappa shape index (κ1) is 10.9. The molecule has 0 saturated carbocycles. The number of allylic oxidation sites excluding steroid dienone is 1. The molecule has 0 radical (unpaired) electrons. The number of hydrogen-bond donors (Lipinski definition) is 0. The Labute approximate surface area is 95.9 Å². The molecule has 1 unspecified atom stereocenters. The van der Waals surface area contributed by atoms with E-state index in [0.29, 0.717) is 13.0 Å². The number of fused-ring (bicyclic) bond motifs is 1. The highest BCUT2D eigenvalue weighted by Gasteiger charge is 2.29. The molecule has 1 aliphatic heterocycles. The second kappa shape index (κ2) is 4.52. The van der Waals surface area contributed by atoms with E-state index in [-0.39, 0.29) is 11.7 Å². The summed E-state index contributed by atoms with van der Waals surface area (Å²) < 4.78 is 5.50. The van der Waals surface area contributed by atoms with Gasteiger partial charge in [-0.15, -0.1) is 6.58 Å². The molecule has 0 N–H and O–H groups in total. The molecule has 0 saturated heterocycles. The molecule has 0 fully saturated rings. The summed E-state index contributed by atoms with van der Waals surface area (Å²) >= 11 is 0. The van der Waals surface area contributed by atoms with Gasteiger partial charge in [0.25, 0.3) is 0 Å². The van der Waals surface area contributed by atoms with Gasteiger partial charge in [-0.2, -0.15) is 0 Å². The average Bonchev–Trinajstić information content (AvgIpc) is 2.69. The maximum atomic E-state index is 12.0. The standard InChI is InChI=1S/C14H16O2/c1-10(2)7-8-13(15)12-9-16-14-6-4-3-5-11(12)14/h3-6,12H,1,7-9H2,2H3. The minimum Gasteiger partial charge on any atom is -0.492 e. The van der Waals surface area contributed by atoms with Gasteiger partial charge in [0.2, 0.25) is 0 Å². The molecular formula is C14H16O2. The van der Waals surface area contributed by atoms with E-state index in [1.165, 1.54) is 0 Å². The van der Waals surface area contributed by atoms with E-state index >= 15 is 0 Å². The Bertz CT molecular complexity index is 420. The zero-order valence-corrected chi connectivity index (χ0v) is 9.53. The lowest BCUT2D eigenvalue weighted by Gasteiger charge is -2.07. The van der Waals surface area contributed by atoms with E-state index in [1.807, 2.05) is 31.2 Å². The lowest BCUT2D eigenvalue weighted by Crippen LogP contribution is -2.13. The van der Waals surface area contributed by atoms with Gasteiger partial charge >= 0.3 is 0 Å². The highest BCUT2D eigenvalue weighted by molar-refractivity contribution is 5.87. The Kier molecular flexibility index (Phi) is 3.09. The zero-order valence-electron chi connectivity index (χ0n) is 9.53. The third kappa shape index (κ3) is 2.16. The van der Waals surface area contributed by atoms with Crippen LogP contribution in [0.5, 0.6) is 5.75 Å². The van der Waals surface area contributed by atoms with Crippen molar-refractivity contribution in [2.75, 3.05) is 6.61 Å². The first-order valence-electron chi connectivity index (χ1n) is 5.57. The number of Topliss-reactive ketones (excluding diaryl/α,β-unsaturated/α-hetero) is 1. The number of para-hydroxylation sites is 1. The quantitative estimate of drug-likeness (QED) is 0.723. The summed E-state index contributed by atoms with van der Waals surface area (Å²) in [5.74, 6) is 1.04. The third-order valence-electron chi connectivity index (χ3n) is 2.89. The van der Waals surface area contributed by atoms with Crippen molar-refractivity contribution < 1.29 is 9.53 Å². The number of carbonyl (C=O) groups is 1.